The highest BCUT2D eigenvalue weighted by atomic mass is 32.2. The molecule has 2 rings (SSSR count). The summed E-state index contributed by atoms with van der Waals surface area (Å²) in [7, 11) is 0.217. The Morgan fingerprint density at radius 2 is 2.05 bits per heavy atom. The van der Waals surface area contributed by atoms with Gasteiger partial charge in [0.05, 0.1) is 10.5 Å². The molecule has 0 spiro atoms. The summed E-state index contributed by atoms with van der Waals surface area (Å²) in [6, 6.07) is 4.45. The summed E-state index contributed by atoms with van der Waals surface area (Å²) in [6.07, 6.45) is 0.782. The van der Waals surface area contributed by atoms with Gasteiger partial charge in [-0.25, -0.2) is 13.2 Å². The number of aromatic carboxylic acids is 1. The minimum absolute atomic E-state index is 0.0273. The van der Waals surface area contributed by atoms with E-state index in [1.165, 1.54) is 22.5 Å². The van der Waals surface area contributed by atoms with E-state index < -0.39 is 16.0 Å². The minimum Gasteiger partial charge on any atom is -0.478 e. The maximum Gasteiger partial charge on any atom is 0.335 e. The van der Waals surface area contributed by atoms with E-state index in [1.807, 2.05) is 19.0 Å². The van der Waals surface area contributed by atoms with Crippen molar-refractivity contribution in [3.63, 3.8) is 0 Å². The Balaban J connectivity index is 2.33. The lowest BCUT2D eigenvalue weighted by molar-refractivity contribution is 0.0696. The van der Waals surface area contributed by atoms with Crippen molar-refractivity contribution in [3.8, 4) is 0 Å². The fraction of sp³-hybridized carbons (Fsp3) is 0.500. The van der Waals surface area contributed by atoms with E-state index in [0.29, 0.717) is 18.7 Å². The quantitative estimate of drug-likeness (QED) is 0.898. The maximum atomic E-state index is 12.6. The lowest BCUT2D eigenvalue weighted by atomic mass is 10.1. The number of carbonyl (C=O) groups is 1. The molecule has 0 aromatic heterocycles. The first-order chi connectivity index (χ1) is 9.73. The van der Waals surface area contributed by atoms with Crippen LogP contribution < -0.4 is 0 Å². The van der Waals surface area contributed by atoms with Gasteiger partial charge in [-0.1, -0.05) is 6.07 Å². The molecule has 1 heterocycles. The number of aryl methyl sites for hydroxylation is 1. The Labute approximate surface area is 125 Å². The van der Waals surface area contributed by atoms with Gasteiger partial charge >= 0.3 is 5.97 Å². The van der Waals surface area contributed by atoms with Crippen molar-refractivity contribution in [3.05, 3.63) is 29.3 Å². The van der Waals surface area contributed by atoms with Gasteiger partial charge in [0.2, 0.25) is 10.0 Å². The lowest BCUT2D eigenvalue weighted by Crippen LogP contribution is -2.34. The Morgan fingerprint density at radius 3 is 2.57 bits per heavy atom. The molecule has 0 amide bonds. The summed E-state index contributed by atoms with van der Waals surface area (Å²) in [5.74, 6) is -1.11. The fourth-order valence-corrected chi connectivity index (χ4v) is 4.01. The smallest absolute Gasteiger partial charge is 0.335 e. The maximum absolute atomic E-state index is 12.6. The average Bonchev–Trinajstić information content (AvgIpc) is 2.89. The summed E-state index contributed by atoms with van der Waals surface area (Å²) in [6.45, 7) is 2.55. The van der Waals surface area contributed by atoms with Gasteiger partial charge in [-0.2, -0.15) is 4.31 Å². The molecule has 1 saturated heterocycles. The van der Waals surface area contributed by atoms with E-state index in [0.717, 1.165) is 6.42 Å². The van der Waals surface area contributed by atoms with E-state index in [4.69, 9.17) is 5.11 Å². The largest absolute Gasteiger partial charge is 0.478 e. The minimum atomic E-state index is -3.63. The van der Waals surface area contributed by atoms with Crippen LogP contribution in [-0.4, -0.2) is 61.9 Å². The number of sulfonamides is 1. The molecule has 1 fully saturated rings. The van der Waals surface area contributed by atoms with Crippen molar-refractivity contribution in [2.24, 2.45) is 0 Å². The standard InChI is InChI=1S/C14H20N2O4S/c1-10-4-5-12(8-13(10)14(17)18)21(19,20)16-7-6-11(9-16)15(2)3/h4-5,8,11H,6-7,9H2,1-3H3,(H,17,18). The number of likely N-dealkylation sites (N-methyl/N-ethyl adjacent to an activating group) is 1. The zero-order chi connectivity index (χ0) is 15.8. The molecular weight excluding hydrogens is 292 g/mol. The predicted molar refractivity (Wildman–Crippen MR) is 79.0 cm³/mol. The van der Waals surface area contributed by atoms with Crippen LogP contribution in [0.4, 0.5) is 0 Å². The topological polar surface area (TPSA) is 77.9 Å². The second kappa shape index (κ2) is 5.75. The third-order valence-corrected chi connectivity index (χ3v) is 5.79. The first-order valence-corrected chi connectivity index (χ1v) is 8.18. The molecule has 7 heteroatoms. The highest BCUT2D eigenvalue weighted by Gasteiger charge is 2.33. The van der Waals surface area contributed by atoms with Crippen molar-refractivity contribution >= 4 is 16.0 Å². The number of nitrogens with zero attached hydrogens (tertiary/aromatic N) is 2. The fourth-order valence-electron chi connectivity index (χ4n) is 2.49. The van der Waals surface area contributed by atoms with Crippen LogP contribution in [0.1, 0.15) is 22.3 Å². The Kier molecular flexibility index (Phi) is 4.36. The summed E-state index contributed by atoms with van der Waals surface area (Å²) in [4.78, 5) is 13.2. The Bertz CT molecular complexity index is 655. The van der Waals surface area contributed by atoms with Crippen LogP contribution in [0.25, 0.3) is 0 Å². The number of carboxylic acids is 1. The molecule has 1 aliphatic rings. The van der Waals surface area contributed by atoms with Crippen LogP contribution in [0, 0.1) is 6.92 Å². The molecule has 1 N–H and O–H groups in total. The molecule has 0 saturated carbocycles. The zero-order valence-electron chi connectivity index (χ0n) is 12.4. The second-order valence-corrected chi connectivity index (χ2v) is 7.49. The number of hydrogen-bond acceptors (Lipinski definition) is 4. The molecular formula is C14H20N2O4S. The molecule has 0 radical (unpaired) electrons. The summed E-state index contributed by atoms with van der Waals surface area (Å²) in [5.41, 5.74) is 0.577. The molecule has 6 nitrogen and oxygen atoms in total. The molecule has 0 aliphatic carbocycles. The number of benzene rings is 1. The van der Waals surface area contributed by atoms with Crippen LogP contribution in [-0.2, 0) is 10.0 Å². The molecule has 1 atom stereocenters. The van der Waals surface area contributed by atoms with Crippen LogP contribution >= 0.6 is 0 Å². The third kappa shape index (κ3) is 3.09. The predicted octanol–water partition coefficient (Wildman–Crippen LogP) is 1.02. The van der Waals surface area contributed by atoms with Gasteiger partial charge < -0.3 is 10.0 Å². The van der Waals surface area contributed by atoms with E-state index in [9.17, 15) is 13.2 Å². The summed E-state index contributed by atoms with van der Waals surface area (Å²) >= 11 is 0. The van der Waals surface area contributed by atoms with Crippen LogP contribution in [0.2, 0.25) is 0 Å². The molecule has 116 valence electrons. The molecule has 21 heavy (non-hydrogen) atoms. The van der Waals surface area contributed by atoms with Gasteiger partial charge in [0, 0.05) is 19.1 Å². The summed E-state index contributed by atoms with van der Waals surface area (Å²) in [5, 5.41) is 9.12. The van der Waals surface area contributed by atoms with Gasteiger partial charge in [0.25, 0.3) is 0 Å². The lowest BCUT2D eigenvalue weighted by Gasteiger charge is -2.20. The van der Waals surface area contributed by atoms with Gasteiger partial charge in [0.1, 0.15) is 0 Å². The van der Waals surface area contributed by atoms with Gasteiger partial charge in [-0.15, -0.1) is 0 Å². The van der Waals surface area contributed by atoms with Gasteiger partial charge in [-0.05, 0) is 45.1 Å². The van der Waals surface area contributed by atoms with Crippen LogP contribution in [0.5, 0.6) is 0 Å². The molecule has 1 unspecified atom stereocenters. The summed E-state index contributed by atoms with van der Waals surface area (Å²) < 4.78 is 26.6. The van der Waals surface area contributed by atoms with Crippen molar-refractivity contribution in [1.29, 1.82) is 0 Å². The number of rotatable bonds is 4. The Hall–Kier alpha value is -1.44. The van der Waals surface area contributed by atoms with Crippen LogP contribution in [0.3, 0.4) is 0 Å². The van der Waals surface area contributed by atoms with Gasteiger partial charge in [0.15, 0.2) is 0 Å². The first-order valence-electron chi connectivity index (χ1n) is 6.74. The first kappa shape index (κ1) is 15.9. The van der Waals surface area contributed by atoms with Crippen molar-refractivity contribution < 1.29 is 18.3 Å². The van der Waals surface area contributed by atoms with E-state index in [2.05, 4.69) is 0 Å². The van der Waals surface area contributed by atoms with E-state index >= 15 is 0 Å². The highest BCUT2D eigenvalue weighted by molar-refractivity contribution is 7.89. The average molecular weight is 312 g/mol. The monoisotopic (exact) mass is 312 g/mol. The molecule has 1 aromatic rings. The second-order valence-electron chi connectivity index (χ2n) is 5.55. The molecule has 1 aliphatic heterocycles. The van der Waals surface area contributed by atoms with Crippen LogP contribution in [0.15, 0.2) is 23.1 Å². The van der Waals surface area contributed by atoms with Crippen molar-refractivity contribution in [2.75, 3.05) is 27.2 Å². The molecule has 1 aromatic carbocycles. The highest BCUT2D eigenvalue weighted by Crippen LogP contribution is 2.24. The van der Waals surface area contributed by atoms with Gasteiger partial charge in [-0.3, -0.25) is 0 Å². The third-order valence-electron chi connectivity index (χ3n) is 3.93. The number of hydrogen-bond donors (Lipinski definition) is 1. The van der Waals surface area contributed by atoms with Crippen molar-refractivity contribution in [2.45, 2.75) is 24.3 Å². The van der Waals surface area contributed by atoms with E-state index in [-0.39, 0.29) is 16.5 Å². The molecule has 0 bridgehead atoms. The van der Waals surface area contributed by atoms with Crippen molar-refractivity contribution in [1.82, 2.24) is 9.21 Å². The zero-order valence-corrected chi connectivity index (χ0v) is 13.2. The SMILES string of the molecule is Cc1ccc(S(=O)(=O)N2CCC(N(C)C)C2)cc1C(=O)O. The Morgan fingerprint density at radius 1 is 1.38 bits per heavy atom. The normalized spacial score (nSPS) is 20.1. The number of carboxylic acid groups (broad SMARTS) is 1. The van der Waals surface area contributed by atoms with E-state index in [1.54, 1.807) is 6.92 Å².